The lowest BCUT2D eigenvalue weighted by molar-refractivity contribution is -0.145. The second-order valence-electron chi connectivity index (χ2n) is 8.61. The third-order valence-electron chi connectivity index (χ3n) is 5.15. The summed E-state index contributed by atoms with van der Waals surface area (Å²) < 4.78 is 39.8. The van der Waals surface area contributed by atoms with Gasteiger partial charge >= 0.3 is 6.18 Å². The van der Waals surface area contributed by atoms with E-state index in [2.05, 4.69) is 36.1 Å². The van der Waals surface area contributed by atoms with Crippen LogP contribution in [0.3, 0.4) is 0 Å². The molecule has 4 rings (SSSR count). The van der Waals surface area contributed by atoms with Crippen LogP contribution in [0.4, 0.5) is 18.9 Å². The average Bonchev–Trinajstić information content (AvgIpc) is 3.48. The molecule has 2 amide bonds. The Balaban J connectivity index is 1.74. The van der Waals surface area contributed by atoms with Crippen LogP contribution in [-0.2, 0) is 12.7 Å². The highest BCUT2D eigenvalue weighted by Crippen LogP contribution is 2.28. The van der Waals surface area contributed by atoms with Crippen LogP contribution in [0.15, 0.2) is 36.5 Å². The molecule has 3 aromatic heterocycles. The van der Waals surface area contributed by atoms with Crippen molar-refractivity contribution in [3.05, 3.63) is 74.9 Å². The Bertz CT molecular complexity index is 1550. The van der Waals surface area contributed by atoms with Gasteiger partial charge in [-0.3, -0.25) is 9.59 Å². The number of alkyl halides is 3. The van der Waals surface area contributed by atoms with Crippen molar-refractivity contribution in [1.82, 2.24) is 40.3 Å². The van der Waals surface area contributed by atoms with Crippen LogP contribution in [0.1, 0.15) is 51.8 Å². The number of carbonyl (C=O) groups is 2. The van der Waals surface area contributed by atoms with Crippen LogP contribution in [-0.4, -0.2) is 52.8 Å². The van der Waals surface area contributed by atoms with Crippen molar-refractivity contribution in [2.75, 3.05) is 5.32 Å². The summed E-state index contributed by atoms with van der Waals surface area (Å²) in [5.41, 5.74) is 0.885. The highest BCUT2D eigenvalue weighted by atomic mass is 35.5. The van der Waals surface area contributed by atoms with Gasteiger partial charge < -0.3 is 10.6 Å². The normalized spacial score (nSPS) is 11.6. The molecule has 16 heteroatoms. The first-order valence-corrected chi connectivity index (χ1v) is 12.1. The number of aryl methyl sites for hydroxylation is 1. The quantitative estimate of drug-likeness (QED) is 0.332. The number of pyridine rings is 1. The Morgan fingerprint density at radius 1 is 1.10 bits per heavy atom. The summed E-state index contributed by atoms with van der Waals surface area (Å²) in [5, 5.41) is 19.9. The van der Waals surface area contributed by atoms with Gasteiger partial charge in [-0.25, -0.2) is 9.67 Å². The molecule has 0 bridgehead atoms. The molecule has 0 fully saturated rings. The van der Waals surface area contributed by atoms with Crippen LogP contribution in [0.25, 0.3) is 5.82 Å². The number of rotatable bonds is 7. The minimum atomic E-state index is -4.78. The Hall–Kier alpha value is -4.04. The number of nitrogens with zero attached hydrogens (tertiary/aromatic N) is 7. The first-order valence-electron chi connectivity index (χ1n) is 11.3. The molecular weight excluding hydrogens is 562 g/mol. The van der Waals surface area contributed by atoms with Crippen molar-refractivity contribution in [3.8, 4) is 5.82 Å². The maximum Gasteiger partial charge on any atom is 0.455 e. The minimum absolute atomic E-state index is 0.0775. The molecule has 4 aromatic rings. The molecule has 3 heterocycles. The van der Waals surface area contributed by atoms with Crippen molar-refractivity contribution in [2.45, 2.75) is 39.5 Å². The number of amides is 2. The van der Waals surface area contributed by atoms with E-state index < -0.39 is 23.8 Å². The van der Waals surface area contributed by atoms with Gasteiger partial charge in [0.25, 0.3) is 17.6 Å². The van der Waals surface area contributed by atoms with Crippen LogP contribution in [0, 0.1) is 6.92 Å². The van der Waals surface area contributed by atoms with Crippen molar-refractivity contribution >= 4 is 40.7 Å². The minimum Gasteiger partial charge on any atom is -0.350 e. The van der Waals surface area contributed by atoms with Crippen LogP contribution >= 0.6 is 23.2 Å². The third kappa shape index (κ3) is 6.34. The molecule has 0 atom stereocenters. The lowest BCUT2D eigenvalue weighted by Crippen LogP contribution is -2.31. The summed E-state index contributed by atoms with van der Waals surface area (Å²) >= 11 is 12.5. The number of aromatic nitrogens is 7. The molecule has 0 spiro atoms. The predicted octanol–water partition coefficient (Wildman–Crippen LogP) is 4.33. The number of halogens is 5. The molecule has 0 saturated heterocycles. The van der Waals surface area contributed by atoms with E-state index in [-0.39, 0.29) is 46.1 Å². The first-order chi connectivity index (χ1) is 18.3. The molecule has 0 unspecified atom stereocenters. The predicted molar refractivity (Wildman–Crippen MR) is 135 cm³/mol. The Morgan fingerprint density at radius 2 is 1.85 bits per heavy atom. The molecule has 2 N–H and O–H groups in total. The lowest BCUT2D eigenvalue weighted by atomic mass is 10.1. The number of tetrazole rings is 1. The fourth-order valence-corrected chi connectivity index (χ4v) is 4.01. The van der Waals surface area contributed by atoms with Crippen molar-refractivity contribution in [2.24, 2.45) is 0 Å². The Kier molecular flexibility index (Phi) is 7.88. The summed E-state index contributed by atoms with van der Waals surface area (Å²) in [6.07, 6.45) is -3.35. The zero-order chi connectivity index (χ0) is 28.5. The lowest BCUT2D eigenvalue weighted by Gasteiger charge is -2.16. The highest BCUT2D eigenvalue weighted by Gasteiger charge is 2.37. The standard InChI is InChI=1S/C23H20Cl2F3N9O2/c1-11(2)30-20(38)15-8-13(24)7-12(3)18(15)31-21(39)17-9-14(10-36-34-22(32-35-36)23(26,27)28)33-37(17)19-16(25)5-4-6-29-19/h4-9,11H,10H2,1-3H3,(H,30,38)(H,31,39). The summed E-state index contributed by atoms with van der Waals surface area (Å²) in [5.74, 6) is -2.49. The molecule has 0 saturated carbocycles. The van der Waals surface area contributed by atoms with Gasteiger partial charge in [0.2, 0.25) is 0 Å². The van der Waals surface area contributed by atoms with E-state index in [1.807, 2.05) is 0 Å². The maximum atomic E-state index is 13.5. The van der Waals surface area contributed by atoms with Gasteiger partial charge in [-0.2, -0.15) is 23.1 Å². The summed E-state index contributed by atoms with van der Waals surface area (Å²) in [7, 11) is 0. The van der Waals surface area contributed by atoms with E-state index >= 15 is 0 Å². The smallest absolute Gasteiger partial charge is 0.350 e. The second-order valence-corrected chi connectivity index (χ2v) is 9.45. The zero-order valence-corrected chi connectivity index (χ0v) is 22.1. The van der Waals surface area contributed by atoms with Crippen molar-refractivity contribution < 1.29 is 22.8 Å². The van der Waals surface area contributed by atoms with Crippen LogP contribution in [0.5, 0.6) is 0 Å². The Labute approximate surface area is 229 Å². The molecule has 11 nitrogen and oxygen atoms in total. The van der Waals surface area contributed by atoms with E-state index in [0.29, 0.717) is 15.4 Å². The molecule has 204 valence electrons. The van der Waals surface area contributed by atoms with Gasteiger partial charge in [0.1, 0.15) is 12.2 Å². The first kappa shape index (κ1) is 28.0. The maximum absolute atomic E-state index is 13.5. The van der Waals surface area contributed by atoms with Gasteiger partial charge in [0.15, 0.2) is 5.82 Å². The van der Waals surface area contributed by atoms with Crippen molar-refractivity contribution in [3.63, 3.8) is 0 Å². The van der Waals surface area contributed by atoms with Crippen LogP contribution in [0.2, 0.25) is 10.0 Å². The van der Waals surface area contributed by atoms with E-state index in [1.54, 1.807) is 32.9 Å². The number of hydrogen-bond acceptors (Lipinski definition) is 7. The molecule has 0 aliphatic heterocycles. The highest BCUT2D eigenvalue weighted by molar-refractivity contribution is 6.32. The van der Waals surface area contributed by atoms with E-state index in [0.717, 1.165) is 4.68 Å². The van der Waals surface area contributed by atoms with Gasteiger partial charge in [-0.05, 0) is 61.9 Å². The number of anilines is 1. The second kappa shape index (κ2) is 11.0. The van der Waals surface area contributed by atoms with Crippen LogP contribution < -0.4 is 10.6 Å². The summed E-state index contributed by atoms with van der Waals surface area (Å²) in [6.45, 7) is 4.89. The van der Waals surface area contributed by atoms with E-state index in [4.69, 9.17) is 23.2 Å². The fraction of sp³-hybridized carbons (Fsp3) is 0.261. The van der Waals surface area contributed by atoms with Gasteiger partial charge in [0.05, 0.1) is 22.0 Å². The monoisotopic (exact) mass is 581 g/mol. The Morgan fingerprint density at radius 3 is 2.49 bits per heavy atom. The largest absolute Gasteiger partial charge is 0.455 e. The molecule has 39 heavy (non-hydrogen) atoms. The van der Waals surface area contributed by atoms with Gasteiger partial charge in [0, 0.05) is 17.3 Å². The molecule has 0 radical (unpaired) electrons. The van der Waals surface area contributed by atoms with E-state index in [9.17, 15) is 22.8 Å². The number of hydrogen-bond donors (Lipinski definition) is 2. The number of nitrogens with one attached hydrogen (secondary N) is 2. The number of carbonyl (C=O) groups excluding carboxylic acids is 2. The summed E-state index contributed by atoms with van der Waals surface area (Å²) in [4.78, 5) is 31.3. The fourth-order valence-electron chi connectivity index (χ4n) is 3.54. The zero-order valence-electron chi connectivity index (χ0n) is 20.6. The topological polar surface area (TPSA) is 133 Å². The molecule has 0 aliphatic rings. The van der Waals surface area contributed by atoms with E-state index in [1.165, 1.54) is 24.4 Å². The van der Waals surface area contributed by atoms with Gasteiger partial charge in [-0.1, -0.05) is 23.2 Å². The molecule has 1 aromatic carbocycles. The SMILES string of the molecule is Cc1cc(Cl)cc(C(=O)NC(C)C)c1NC(=O)c1cc(Cn2nnc(C(F)(F)F)n2)nn1-c1ncccc1Cl. The molecule has 0 aliphatic carbocycles. The third-order valence-corrected chi connectivity index (χ3v) is 5.66. The van der Waals surface area contributed by atoms with Gasteiger partial charge in [-0.15, -0.1) is 10.2 Å². The summed E-state index contributed by atoms with van der Waals surface area (Å²) in [6, 6.07) is 7.24. The number of benzene rings is 1. The molecular formula is C23H20Cl2F3N9O2. The average molecular weight is 582 g/mol. The van der Waals surface area contributed by atoms with Crippen molar-refractivity contribution in [1.29, 1.82) is 0 Å².